The van der Waals surface area contributed by atoms with Crippen LogP contribution in [0.1, 0.15) is 28.7 Å². The molecular formula is C9H11N5O4. The van der Waals surface area contributed by atoms with Gasteiger partial charge in [0.2, 0.25) is 5.82 Å². The average molecular weight is 253 g/mol. The first kappa shape index (κ1) is 13.8. The Kier molecular flexibility index (Phi) is 5.00. The van der Waals surface area contributed by atoms with Gasteiger partial charge in [-0.15, -0.1) is 0 Å². The van der Waals surface area contributed by atoms with Crippen LogP contribution in [0.2, 0.25) is 0 Å². The summed E-state index contributed by atoms with van der Waals surface area (Å²) in [6.07, 6.45) is -0.0849. The van der Waals surface area contributed by atoms with E-state index in [0.29, 0.717) is 0 Å². The van der Waals surface area contributed by atoms with Crippen LogP contribution >= 0.6 is 0 Å². The number of rotatable bonds is 6. The largest absolute Gasteiger partial charge is 0.475 e. The summed E-state index contributed by atoms with van der Waals surface area (Å²) in [4.78, 5) is 20.0. The third-order valence-corrected chi connectivity index (χ3v) is 2.16. The molecule has 0 aliphatic carbocycles. The van der Waals surface area contributed by atoms with Crippen molar-refractivity contribution >= 4 is 5.97 Å². The van der Waals surface area contributed by atoms with Crippen molar-refractivity contribution in [2.75, 3.05) is 6.54 Å². The summed E-state index contributed by atoms with van der Waals surface area (Å²) in [5.41, 5.74) is 8.24. The molecule has 0 fully saturated rings. The van der Waals surface area contributed by atoms with Crippen molar-refractivity contribution in [2.45, 2.75) is 18.6 Å². The van der Waals surface area contributed by atoms with Crippen molar-refractivity contribution in [3.63, 3.8) is 0 Å². The lowest BCUT2D eigenvalue weighted by atomic mass is 10.1. The smallest absolute Gasteiger partial charge is 0.373 e. The molecule has 0 aromatic carbocycles. The van der Waals surface area contributed by atoms with Crippen LogP contribution in [-0.4, -0.2) is 43.9 Å². The van der Waals surface area contributed by atoms with Crippen LogP contribution in [0.5, 0.6) is 0 Å². The van der Waals surface area contributed by atoms with Gasteiger partial charge in [-0.3, -0.25) is 0 Å². The molecule has 0 bridgehead atoms. The predicted octanol–water partition coefficient (Wildman–Crippen LogP) is 0.270. The van der Waals surface area contributed by atoms with Gasteiger partial charge in [-0.25, -0.2) is 14.8 Å². The first-order chi connectivity index (χ1) is 8.56. The average Bonchev–Trinajstić information content (AvgIpc) is 2.38. The highest BCUT2D eigenvalue weighted by Gasteiger charge is 2.19. The molecule has 1 rings (SSSR count). The van der Waals surface area contributed by atoms with Crippen LogP contribution < -0.4 is 0 Å². The van der Waals surface area contributed by atoms with Crippen LogP contribution in [-0.2, 0) is 0 Å². The van der Waals surface area contributed by atoms with Gasteiger partial charge in [0, 0.05) is 29.4 Å². The van der Waals surface area contributed by atoms with E-state index in [9.17, 15) is 15.0 Å². The number of hydrogen-bond acceptors (Lipinski definition) is 6. The Morgan fingerprint density at radius 2 is 2.06 bits per heavy atom. The van der Waals surface area contributed by atoms with Crippen molar-refractivity contribution in [1.29, 1.82) is 0 Å². The van der Waals surface area contributed by atoms with E-state index in [1.54, 1.807) is 0 Å². The molecule has 96 valence electrons. The van der Waals surface area contributed by atoms with Crippen molar-refractivity contribution in [3.05, 3.63) is 34.2 Å². The summed E-state index contributed by atoms with van der Waals surface area (Å²) >= 11 is 0. The molecule has 0 amide bonds. The molecule has 2 unspecified atom stereocenters. The zero-order valence-electron chi connectivity index (χ0n) is 9.21. The van der Waals surface area contributed by atoms with E-state index in [4.69, 9.17) is 10.6 Å². The number of aromatic carboxylic acids is 1. The zero-order valence-corrected chi connectivity index (χ0v) is 9.21. The van der Waals surface area contributed by atoms with Crippen molar-refractivity contribution < 1.29 is 20.1 Å². The number of aliphatic hydroxyl groups is 2. The summed E-state index contributed by atoms with van der Waals surface area (Å²) in [6, 6.07) is 0. The van der Waals surface area contributed by atoms with Crippen LogP contribution in [0.15, 0.2) is 17.5 Å². The van der Waals surface area contributed by atoms with Gasteiger partial charge in [0.25, 0.3) is 0 Å². The quantitative estimate of drug-likeness (QED) is 0.375. The molecule has 9 nitrogen and oxygen atoms in total. The lowest BCUT2D eigenvalue weighted by Crippen LogP contribution is -2.20. The predicted molar refractivity (Wildman–Crippen MR) is 58.6 cm³/mol. The molecule has 18 heavy (non-hydrogen) atoms. The third kappa shape index (κ3) is 3.67. The van der Waals surface area contributed by atoms with E-state index >= 15 is 0 Å². The molecule has 0 spiro atoms. The minimum absolute atomic E-state index is 0.0444. The minimum Gasteiger partial charge on any atom is -0.475 e. The molecule has 0 saturated heterocycles. The molecule has 1 aromatic rings. The molecular weight excluding hydrogens is 242 g/mol. The number of carboxylic acid groups (broad SMARTS) is 1. The van der Waals surface area contributed by atoms with E-state index in [-0.39, 0.29) is 18.5 Å². The zero-order chi connectivity index (χ0) is 13.5. The number of aromatic nitrogens is 2. The van der Waals surface area contributed by atoms with E-state index < -0.39 is 24.0 Å². The fraction of sp³-hybridized carbons (Fsp3) is 0.444. The minimum atomic E-state index is -1.28. The number of hydrogen-bond donors (Lipinski definition) is 3. The molecule has 0 saturated carbocycles. The Balaban J connectivity index is 2.68. The summed E-state index contributed by atoms with van der Waals surface area (Å²) in [5, 5.41) is 31.1. The number of carbonyl (C=O) groups is 1. The Bertz CT molecular complexity index is 457. The van der Waals surface area contributed by atoms with Gasteiger partial charge in [0.05, 0.1) is 6.10 Å². The fourth-order valence-electron chi connectivity index (χ4n) is 1.22. The molecule has 3 N–H and O–H groups in total. The number of aliphatic hydroxyl groups excluding tert-OH is 2. The number of azide groups is 1. The Hall–Kier alpha value is -2.22. The fourth-order valence-corrected chi connectivity index (χ4v) is 1.22. The maximum Gasteiger partial charge on any atom is 0.373 e. The SMILES string of the molecule is [N-]=[N+]=NCCC(O)C(O)c1cnc(C(=O)O)nc1. The maximum atomic E-state index is 10.5. The van der Waals surface area contributed by atoms with Crippen LogP contribution in [0.25, 0.3) is 10.4 Å². The summed E-state index contributed by atoms with van der Waals surface area (Å²) in [5.74, 6) is -1.67. The van der Waals surface area contributed by atoms with Crippen molar-refractivity contribution in [1.82, 2.24) is 9.97 Å². The van der Waals surface area contributed by atoms with Gasteiger partial charge < -0.3 is 15.3 Å². The first-order valence-corrected chi connectivity index (χ1v) is 4.98. The molecule has 2 atom stereocenters. The lowest BCUT2D eigenvalue weighted by Gasteiger charge is -2.16. The van der Waals surface area contributed by atoms with E-state index in [0.717, 1.165) is 12.4 Å². The topological polar surface area (TPSA) is 152 Å². The Labute approximate surface area is 101 Å². The van der Waals surface area contributed by atoms with Crippen molar-refractivity contribution in [2.24, 2.45) is 5.11 Å². The molecule has 0 aliphatic heterocycles. The number of carboxylic acids is 1. The molecule has 0 radical (unpaired) electrons. The Morgan fingerprint density at radius 1 is 1.44 bits per heavy atom. The second-order valence-corrected chi connectivity index (χ2v) is 3.40. The summed E-state index contributed by atoms with van der Waals surface area (Å²) in [7, 11) is 0. The van der Waals surface area contributed by atoms with E-state index in [1.807, 2.05) is 0 Å². The molecule has 9 heteroatoms. The molecule has 0 aliphatic rings. The van der Waals surface area contributed by atoms with Gasteiger partial charge in [-0.05, 0) is 12.0 Å². The monoisotopic (exact) mass is 253 g/mol. The second kappa shape index (κ2) is 6.50. The van der Waals surface area contributed by atoms with E-state index in [1.165, 1.54) is 0 Å². The van der Waals surface area contributed by atoms with Crippen LogP contribution in [0.4, 0.5) is 0 Å². The van der Waals surface area contributed by atoms with Gasteiger partial charge in [0.1, 0.15) is 6.10 Å². The molecule has 1 aromatic heterocycles. The summed E-state index contributed by atoms with van der Waals surface area (Å²) < 4.78 is 0. The van der Waals surface area contributed by atoms with Gasteiger partial charge >= 0.3 is 5.97 Å². The molecule has 1 heterocycles. The first-order valence-electron chi connectivity index (χ1n) is 4.98. The van der Waals surface area contributed by atoms with Gasteiger partial charge in [-0.2, -0.15) is 0 Å². The lowest BCUT2D eigenvalue weighted by molar-refractivity contribution is 0.0146. The maximum absolute atomic E-state index is 10.5. The second-order valence-electron chi connectivity index (χ2n) is 3.40. The van der Waals surface area contributed by atoms with Gasteiger partial charge in [-0.1, -0.05) is 5.11 Å². The highest BCUT2D eigenvalue weighted by Crippen LogP contribution is 2.17. The van der Waals surface area contributed by atoms with E-state index in [2.05, 4.69) is 20.0 Å². The van der Waals surface area contributed by atoms with Gasteiger partial charge in [0.15, 0.2) is 0 Å². The van der Waals surface area contributed by atoms with Crippen LogP contribution in [0, 0.1) is 0 Å². The standard InChI is InChI=1S/C9H11N5O4/c10-14-13-2-1-6(15)7(16)5-3-11-8(9(17)18)12-4-5/h3-4,6-7,15-16H,1-2H2,(H,17,18). The highest BCUT2D eigenvalue weighted by atomic mass is 16.4. The number of nitrogens with zero attached hydrogens (tertiary/aromatic N) is 5. The summed E-state index contributed by atoms with van der Waals surface area (Å²) in [6.45, 7) is 0.0444. The Morgan fingerprint density at radius 3 is 2.56 bits per heavy atom. The third-order valence-electron chi connectivity index (χ3n) is 2.16. The normalized spacial score (nSPS) is 13.4. The highest BCUT2D eigenvalue weighted by molar-refractivity contribution is 5.82. The van der Waals surface area contributed by atoms with Crippen LogP contribution in [0.3, 0.4) is 0 Å². The van der Waals surface area contributed by atoms with Crippen molar-refractivity contribution in [3.8, 4) is 0 Å².